The smallest absolute Gasteiger partial charge is 0.115 e. The van der Waals surface area contributed by atoms with Crippen LogP contribution in [0.5, 0.6) is 5.75 Å². The molecule has 4 rings (SSSR count). The van der Waals surface area contributed by atoms with Crippen molar-refractivity contribution in [1.29, 1.82) is 0 Å². The second-order valence-electron chi connectivity index (χ2n) is 6.40. The van der Waals surface area contributed by atoms with E-state index in [0.29, 0.717) is 5.75 Å². The molecule has 2 nitrogen and oxygen atoms in total. The van der Waals surface area contributed by atoms with Crippen LogP contribution in [0.15, 0.2) is 72.8 Å². The predicted octanol–water partition coefficient (Wildman–Crippen LogP) is 6.01. The van der Waals surface area contributed by atoms with Crippen molar-refractivity contribution in [2.75, 3.05) is 0 Å². The summed E-state index contributed by atoms with van der Waals surface area (Å²) in [6, 6.07) is 24.8. The fourth-order valence-corrected chi connectivity index (χ4v) is 3.56. The Hall–Kier alpha value is -3.00. The van der Waals surface area contributed by atoms with Gasteiger partial charge in [-0.15, -0.1) is 0 Å². The minimum atomic E-state index is 0.291. The third-order valence-electron chi connectivity index (χ3n) is 4.77. The van der Waals surface area contributed by atoms with Gasteiger partial charge in [-0.1, -0.05) is 48.0 Å². The molecule has 0 aliphatic carbocycles. The van der Waals surface area contributed by atoms with Crippen molar-refractivity contribution in [2.24, 2.45) is 0 Å². The van der Waals surface area contributed by atoms with Gasteiger partial charge in [-0.05, 0) is 55.3 Å². The van der Waals surface area contributed by atoms with Crippen molar-refractivity contribution < 1.29 is 5.11 Å². The van der Waals surface area contributed by atoms with Gasteiger partial charge in [-0.2, -0.15) is 0 Å². The first-order valence-corrected chi connectivity index (χ1v) is 8.66. The van der Waals surface area contributed by atoms with Crippen LogP contribution in [0, 0.1) is 6.92 Å². The Bertz CT molecular complexity index is 1020. The van der Waals surface area contributed by atoms with E-state index in [-0.39, 0.29) is 0 Å². The van der Waals surface area contributed by atoms with Crippen molar-refractivity contribution in [3.8, 4) is 28.1 Å². The molecule has 1 aromatic heterocycles. The van der Waals surface area contributed by atoms with Gasteiger partial charge in [0.15, 0.2) is 0 Å². The van der Waals surface area contributed by atoms with Crippen LogP contribution in [-0.4, -0.2) is 9.67 Å². The molecule has 0 bridgehead atoms. The van der Waals surface area contributed by atoms with Crippen LogP contribution in [-0.2, 0) is 6.54 Å². The molecule has 0 atom stereocenters. The lowest BCUT2D eigenvalue weighted by molar-refractivity contribution is 0.475. The van der Waals surface area contributed by atoms with Gasteiger partial charge in [0, 0.05) is 23.0 Å². The monoisotopic (exact) mass is 327 g/mol. The SMILES string of the molecule is CCn1c(-c2ccc(O)cc2)c(-c2ccc(C)cc2)c2ccccc21. The van der Waals surface area contributed by atoms with Gasteiger partial charge in [0.2, 0.25) is 0 Å². The summed E-state index contributed by atoms with van der Waals surface area (Å²) in [5.74, 6) is 0.291. The molecule has 4 aromatic rings. The van der Waals surface area contributed by atoms with Crippen molar-refractivity contribution in [3.05, 3.63) is 78.4 Å². The molecule has 124 valence electrons. The predicted molar refractivity (Wildman–Crippen MR) is 105 cm³/mol. The number of fused-ring (bicyclic) bond motifs is 1. The van der Waals surface area contributed by atoms with Gasteiger partial charge >= 0.3 is 0 Å². The fourth-order valence-electron chi connectivity index (χ4n) is 3.56. The zero-order chi connectivity index (χ0) is 17.4. The van der Waals surface area contributed by atoms with E-state index >= 15 is 0 Å². The maximum atomic E-state index is 9.68. The minimum absolute atomic E-state index is 0.291. The number of para-hydroxylation sites is 1. The van der Waals surface area contributed by atoms with Gasteiger partial charge in [0.1, 0.15) is 5.75 Å². The fraction of sp³-hybridized carbons (Fsp3) is 0.130. The Morgan fingerprint density at radius 1 is 0.800 bits per heavy atom. The zero-order valence-corrected chi connectivity index (χ0v) is 14.5. The molecule has 2 heteroatoms. The average Bonchev–Trinajstić information content (AvgIpc) is 2.97. The largest absolute Gasteiger partial charge is 0.508 e. The second kappa shape index (κ2) is 6.14. The molecule has 0 fully saturated rings. The molecular weight excluding hydrogens is 306 g/mol. The highest BCUT2D eigenvalue weighted by Crippen LogP contribution is 2.41. The van der Waals surface area contributed by atoms with Gasteiger partial charge in [-0.25, -0.2) is 0 Å². The van der Waals surface area contributed by atoms with Crippen molar-refractivity contribution >= 4 is 10.9 Å². The first-order valence-electron chi connectivity index (χ1n) is 8.66. The molecule has 1 N–H and O–H groups in total. The minimum Gasteiger partial charge on any atom is -0.508 e. The molecule has 0 unspecified atom stereocenters. The van der Waals surface area contributed by atoms with Crippen molar-refractivity contribution in [2.45, 2.75) is 20.4 Å². The Kier molecular flexibility index (Phi) is 3.81. The van der Waals surface area contributed by atoms with E-state index in [0.717, 1.165) is 12.1 Å². The van der Waals surface area contributed by atoms with Gasteiger partial charge < -0.3 is 9.67 Å². The third kappa shape index (κ3) is 2.60. The van der Waals surface area contributed by atoms with Gasteiger partial charge in [0.05, 0.1) is 5.69 Å². The molecule has 1 heterocycles. The zero-order valence-electron chi connectivity index (χ0n) is 14.5. The number of aromatic hydroxyl groups is 1. The lowest BCUT2D eigenvalue weighted by Crippen LogP contribution is -1.97. The summed E-state index contributed by atoms with van der Waals surface area (Å²) in [5, 5.41) is 10.9. The molecule has 0 aliphatic rings. The number of aromatic nitrogens is 1. The molecule has 25 heavy (non-hydrogen) atoms. The van der Waals surface area contributed by atoms with E-state index in [1.807, 2.05) is 12.1 Å². The number of nitrogens with zero attached hydrogens (tertiary/aromatic N) is 1. The second-order valence-corrected chi connectivity index (χ2v) is 6.40. The highest BCUT2D eigenvalue weighted by Gasteiger charge is 2.18. The lowest BCUT2D eigenvalue weighted by atomic mass is 9.97. The van der Waals surface area contributed by atoms with Crippen molar-refractivity contribution in [1.82, 2.24) is 4.57 Å². The summed E-state index contributed by atoms with van der Waals surface area (Å²) in [5.41, 5.74) is 7.29. The number of rotatable bonds is 3. The number of phenols is 1. The number of aryl methyl sites for hydroxylation is 2. The molecular formula is C23H21NO. The Balaban J connectivity index is 2.10. The molecule has 0 saturated heterocycles. The summed E-state index contributed by atoms with van der Waals surface area (Å²) in [6.07, 6.45) is 0. The van der Waals surface area contributed by atoms with Crippen LogP contribution in [0.4, 0.5) is 0 Å². The highest BCUT2D eigenvalue weighted by atomic mass is 16.3. The number of hydrogen-bond acceptors (Lipinski definition) is 1. The Morgan fingerprint density at radius 3 is 2.12 bits per heavy atom. The highest BCUT2D eigenvalue weighted by molar-refractivity contribution is 6.04. The van der Waals surface area contributed by atoms with Crippen LogP contribution in [0.3, 0.4) is 0 Å². The molecule has 0 spiro atoms. The van der Waals surface area contributed by atoms with Crippen LogP contribution < -0.4 is 0 Å². The molecule has 3 aromatic carbocycles. The maximum absolute atomic E-state index is 9.68. The standard InChI is InChI=1S/C23H21NO/c1-3-24-21-7-5-4-6-20(21)22(17-10-8-16(2)9-11-17)23(24)18-12-14-19(25)15-13-18/h4-15,25H,3H2,1-2H3. The van der Waals surface area contributed by atoms with Gasteiger partial charge in [-0.3, -0.25) is 0 Å². The van der Waals surface area contributed by atoms with Crippen LogP contribution in [0.2, 0.25) is 0 Å². The van der Waals surface area contributed by atoms with Crippen LogP contribution >= 0.6 is 0 Å². The van der Waals surface area contributed by atoms with E-state index in [9.17, 15) is 5.11 Å². The molecule has 0 amide bonds. The summed E-state index contributed by atoms with van der Waals surface area (Å²) in [7, 11) is 0. The van der Waals surface area contributed by atoms with E-state index < -0.39 is 0 Å². The summed E-state index contributed by atoms with van der Waals surface area (Å²) >= 11 is 0. The molecule has 0 aliphatic heterocycles. The average molecular weight is 327 g/mol. The summed E-state index contributed by atoms with van der Waals surface area (Å²) in [4.78, 5) is 0. The summed E-state index contributed by atoms with van der Waals surface area (Å²) in [6.45, 7) is 5.18. The molecule has 0 radical (unpaired) electrons. The van der Waals surface area contributed by atoms with E-state index in [1.54, 1.807) is 12.1 Å². The van der Waals surface area contributed by atoms with Crippen LogP contribution in [0.1, 0.15) is 12.5 Å². The Labute approximate surface area is 148 Å². The van der Waals surface area contributed by atoms with Crippen LogP contribution in [0.25, 0.3) is 33.3 Å². The van der Waals surface area contributed by atoms with E-state index in [1.165, 1.54) is 33.3 Å². The quantitative estimate of drug-likeness (QED) is 0.490. The molecule has 0 saturated carbocycles. The topological polar surface area (TPSA) is 25.2 Å². The van der Waals surface area contributed by atoms with E-state index in [2.05, 4.69) is 66.9 Å². The number of hydrogen-bond donors (Lipinski definition) is 1. The van der Waals surface area contributed by atoms with Crippen molar-refractivity contribution in [3.63, 3.8) is 0 Å². The third-order valence-corrected chi connectivity index (χ3v) is 4.77. The maximum Gasteiger partial charge on any atom is 0.115 e. The normalized spacial score (nSPS) is 11.1. The van der Waals surface area contributed by atoms with Gasteiger partial charge in [0.25, 0.3) is 0 Å². The number of benzene rings is 3. The lowest BCUT2D eigenvalue weighted by Gasteiger charge is -2.11. The summed E-state index contributed by atoms with van der Waals surface area (Å²) < 4.78 is 2.36. The number of phenolic OH excluding ortho intramolecular Hbond substituents is 1. The van der Waals surface area contributed by atoms with E-state index in [4.69, 9.17) is 0 Å². The first kappa shape index (κ1) is 15.5. The Morgan fingerprint density at radius 2 is 1.44 bits per heavy atom. The first-order chi connectivity index (χ1) is 12.2.